The fourth-order valence-electron chi connectivity index (χ4n) is 2.50. The van der Waals surface area contributed by atoms with Crippen LogP contribution in [0.25, 0.3) is 27.5 Å². The number of aromatic nitrogens is 6. The van der Waals surface area contributed by atoms with Gasteiger partial charge in [0.1, 0.15) is 0 Å². The summed E-state index contributed by atoms with van der Waals surface area (Å²) in [5.74, 6) is 0.114. The van der Waals surface area contributed by atoms with Gasteiger partial charge in [-0.1, -0.05) is 6.07 Å². The minimum Gasteiger partial charge on any atom is -0.279 e. The molecule has 0 aliphatic heterocycles. The summed E-state index contributed by atoms with van der Waals surface area (Å²) in [6.45, 7) is 0. The van der Waals surface area contributed by atoms with Gasteiger partial charge in [0.15, 0.2) is 16.9 Å². The Hall–Kier alpha value is -3.01. The molecular weight excluding hydrogens is 320 g/mol. The fraction of sp³-hybridized carbons (Fsp3) is 0.154. The number of rotatable bonds is 1. The van der Waals surface area contributed by atoms with Crippen molar-refractivity contribution in [2.24, 2.45) is 14.1 Å². The van der Waals surface area contributed by atoms with Crippen LogP contribution in [0.1, 0.15) is 0 Å². The topological polar surface area (TPSA) is 107 Å². The van der Waals surface area contributed by atoms with Gasteiger partial charge in [-0.15, -0.1) is 11.3 Å². The van der Waals surface area contributed by atoms with Crippen LogP contribution < -0.4 is 16.8 Å². The normalized spacial score (nSPS) is 11.6. The first-order valence-corrected chi connectivity index (χ1v) is 7.49. The highest BCUT2D eigenvalue weighted by molar-refractivity contribution is 7.13. The number of fused-ring (bicyclic) bond motifs is 3. The molecule has 0 aliphatic carbocycles. The van der Waals surface area contributed by atoms with E-state index in [0.29, 0.717) is 4.88 Å². The lowest BCUT2D eigenvalue weighted by atomic mass is 10.3. The maximum atomic E-state index is 12.8. The van der Waals surface area contributed by atoms with Crippen molar-refractivity contribution in [2.45, 2.75) is 0 Å². The largest absolute Gasteiger partial charge is 0.332 e. The van der Waals surface area contributed by atoms with Crippen molar-refractivity contribution in [2.75, 3.05) is 0 Å². The SMILES string of the molecule is Cn1c(=O)c2c(nc3[nH]nc(-c4cccs4)c(=O)n32)n(C)c1=O. The monoisotopic (exact) mass is 330 g/mol. The van der Waals surface area contributed by atoms with E-state index in [4.69, 9.17) is 0 Å². The number of nitrogens with zero attached hydrogens (tertiary/aromatic N) is 5. The third-order valence-corrected chi connectivity index (χ3v) is 4.56. The Balaban J connectivity index is 2.29. The van der Waals surface area contributed by atoms with Gasteiger partial charge >= 0.3 is 5.69 Å². The van der Waals surface area contributed by atoms with E-state index in [9.17, 15) is 14.4 Å². The molecule has 0 saturated carbocycles. The summed E-state index contributed by atoms with van der Waals surface area (Å²) >= 11 is 1.36. The Bertz CT molecular complexity index is 1240. The van der Waals surface area contributed by atoms with Gasteiger partial charge < -0.3 is 0 Å². The molecule has 0 spiro atoms. The number of H-pyrrole nitrogens is 1. The number of hydrogen-bond donors (Lipinski definition) is 1. The third-order valence-electron chi connectivity index (χ3n) is 3.69. The minimum absolute atomic E-state index is 0.0473. The molecule has 10 heteroatoms. The zero-order chi connectivity index (χ0) is 16.3. The second kappa shape index (κ2) is 4.49. The lowest BCUT2D eigenvalue weighted by molar-refractivity contribution is 0.707. The Morgan fingerprint density at radius 2 is 1.91 bits per heavy atom. The van der Waals surface area contributed by atoms with Gasteiger partial charge in [0.25, 0.3) is 11.1 Å². The quantitative estimate of drug-likeness (QED) is 0.515. The van der Waals surface area contributed by atoms with Gasteiger partial charge in [0.05, 0.1) is 4.88 Å². The van der Waals surface area contributed by atoms with E-state index in [0.717, 1.165) is 4.57 Å². The van der Waals surface area contributed by atoms with Crippen molar-refractivity contribution in [1.82, 2.24) is 28.7 Å². The van der Waals surface area contributed by atoms with E-state index < -0.39 is 16.8 Å². The van der Waals surface area contributed by atoms with Gasteiger partial charge in [0, 0.05) is 14.1 Å². The first-order chi connectivity index (χ1) is 11.0. The smallest absolute Gasteiger partial charge is 0.279 e. The van der Waals surface area contributed by atoms with Crippen LogP contribution >= 0.6 is 11.3 Å². The van der Waals surface area contributed by atoms with Crippen molar-refractivity contribution in [3.63, 3.8) is 0 Å². The zero-order valence-electron chi connectivity index (χ0n) is 12.1. The molecule has 0 saturated heterocycles. The molecule has 116 valence electrons. The molecule has 1 N–H and O–H groups in total. The van der Waals surface area contributed by atoms with Crippen LogP contribution in [-0.4, -0.2) is 28.7 Å². The predicted molar refractivity (Wildman–Crippen MR) is 84.9 cm³/mol. The summed E-state index contributed by atoms with van der Waals surface area (Å²) in [6.07, 6.45) is 0. The lowest BCUT2D eigenvalue weighted by Gasteiger charge is -2.02. The molecule has 0 aromatic carbocycles. The maximum Gasteiger partial charge on any atom is 0.332 e. The lowest BCUT2D eigenvalue weighted by Crippen LogP contribution is -2.38. The van der Waals surface area contributed by atoms with Crippen molar-refractivity contribution in [1.29, 1.82) is 0 Å². The number of hydrogen-bond acceptors (Lipinski definition) is 6. The van der Waals surface area contributed by atoms with E-state index in [1.807, 2.05) is 5.38 Å². The van der Waals surface area contributed by atoms with Crippen molar-refractivity contribution >= 4 is 28.3 Å². The molecule has 4 aromatic rings. The first kappa shape index (κ1) is 13.6. The van der Waals surface area contributed by atoms with Crippen LogP contribution in [0.3, 0.4) is 0 Å². The third kappa shape index (κ3) is 1.69. The van der Waals surface area contributed by atoms with E-state index >= 15 is 0 Å². The van der Waals surface area contributed by atoms with Gasteiger partial charge in [0.2, 0.25) is 5.78 Å². The van der Waals surface area contributed by atoms with E-state index in [2.05, 4.69) is 15.2 Å². The van der Waals surface area contributed by atoms with Crippen molar-refractivity contribution in [3.8, 4) is 10.6 Å². The summed E-state index contributed by atoms with van der Waals surface area (Å²) in [6, 6.07) is 3.57. The van der Waals surface area contributed by atoms with Crippen molar-refractivity contribution in [3.05, 3.63) is 48.7 Å². The van der Waals surface area contributed by atoms with E-state index in [1.54, 1.807) is 12.1 Å². The Kier molecular flexibility index (Phi) is 2.66. The van der Waals surface area contributed by atoms with Gasteiger partial charge in [-0.05, 0) is 11.4 Å². The van der Waals surface area contributed by atoms with E-state index in [-0.39, 0.29) is 22.6 Å². The highest BCUT2D eigenvalue weighted by atomic mass is 32.1. The molecule has 4 rings (SSSR count). The highest BCUT2D eigenvalue weighted by Crippen LogP contribution is 2.19. The van der Waals surface area contributed by atoms with Crippen LogP contribution in [0, 0.1) is 0 Å². The van der Waals surface area contributed by atoms with Crippen molar-refractivity contribution < 1.29 is 0 Å². The highest BCUT2D eigenvalue weighted by Gasteiger charge is 2.19. The Morgan fingerprint density at radius 1 is 1.13 bits per heavy atom. The van der Waals surface area contributed by atoms with Crippen LogP contribution in [0.5, 0.6) is 0 Å². The number of nitrogens with one attached hydrogen (secondary N) is 1. The Morgan fingerprint density at radius 3 is 2.61 bits per heavy atom. The van der Waals surface area contributed by atoms with Gasteiger partial charge in [-0.2, -0.15) is 10.1 Å². The zero-order valence-corrected chi connectivity index (χ0v) is 12.9. The second-order valence-corrected chi connectivity index (χ2v) is 5.95. The fourth-order valence-corrected chi connectivity index (χ4v) is 3.21. The molecule has 0 aliphatic rings. The molecule has 0 fully saturated rings. The van der Waals surface area contributed by atoms with E-state index in [1.165, 1.54) is 34.4 Å². The van der Waals surface area contributed by atoms with Crippen LogP contribution in [0.2, 0.25) is 0 Å². The molecule has 9 nitrogen and oxygen atoms in total. The first-order valence-electron chi connectivity index (χ1n) is 6.61. The predicted octanol–water partition coefficient (Wildman–Crippen LogP) is -0.303. The van der Waals surface area contributed by atoms with Crippen LogP contribution in [0.4, 0.5) is 0 Å². The minimum atomic E-state index is -0.579. The Labute approximate surface area is 131 Å². The molecule has 23 heavy (non-hydrogen) atoms. The summed E-state index contributed by atoms with van der Waals surface area (Å²) in [7, 11) is 2.85. The molecule has 0 unspecified atom stereocenters. The summed E-state index contributed by atoms with van der Waals surface area (Å²) in [4.78, 5) is 42.0. The maximum absolute atomic E-state index is 12.8. The van der Waals surface area contributed by atoms with Crippen LogP contribution in [-0.2, 0) is 14.1 Å². The average molecular weight is 330 g/mol. The number of thiophene rings is 1. The second-order valence-electron chi connectivity index (χ2n) is 5.00. The standard InChI is InChI=1S/C13H10N6O3S/c1-17-9-8(11(21)18(2)13(17)22)19-10(20)7(6-4-3-5-23-6)15-16-12(19)14-9/h3-5H,1-2H3,(H,14,16). The summed E-state index contributed by atoms with van der Waals surface area (Å²) in [5.41, 5.74) is -1.17. The number of aryl methyl sites for hydroxylation is 1. The summed E-state index contributed by atoms with van der Waals surface area (Å²) in [5, 5.41) is 8.55. The molecule has 0 atom stereocenters. The number of imidazole rings is 1. The van der Waals surface area contributed by atoms with Crippen LogP contribution in [0.15, 0.2) is 31.9 Å². The number of aromatic amines is 1. The average Bonchev–Trinajstić information content (AvgIpc) is 3.19. The molecular formula is C13H10N6O3S. The molecule has 4 aromatic heterocycles. The summed E-state index contributed by atoms with van der Waals surface area (Å²) < 4.78 is 3.34. The molecule has 4 heterocycles. The van der Waals surface area contributed by atoms with Gasteiger partial charge in [-0.3, -0.25) is 18.7 Å². The molecule has 0 radical (unpaired) electrons. The van der Waals surface area contributed by atoms with Gasteiger partial charge in [-0.25, -0.2) is 14.3 Å². The molecule has 0 bridgehead atoms. The molecule has 0 amide bonds.